The maximum absolute atomic E-state index is 8.72. The van der Waals surface area contributed by atoms with Crippen LogP contribution < -0.4 is 5.32 Å². The molecule has 0 radical (unpaired) electrons. The maximum atomic E-state index is 8.72. The molecule has 0 saturated carbocycles. The summed E-state index contributed by atoms with van der Waals surface area (Å²) in [6, 6.07) is 10.0. The van der Waals surface area contributed by atoms with E-state index in [0.717, 1.165) is 11.3 Å². The molecule has 2 rings (SSSR count). The predicted octanol–water partition coefficient (Wildman–Crippen LogP) is 1.42. The highest BCUT2D eigenvalue weighted by Crippen LogP contribution is 2.20. The Bertz CT molecular complexity index is 552. The smallest absolute Gasteiger partial charge is 0.252 e. The van der Waals surface area contributed by atoms with Crippen molar-refractivity contribution in [2.24, 2.45) is 0 Å². The van der Waals surface area contributed by atoms with Crippen molar-refractivity contribution in [3.63, 3.8) is 0 Å². The third kappa shape index (κ3) is 2.17. The van der Waals surface area contributed by atoms with Gasteiger partial charge in [0.05, 0.1) is 5.69 Å². The molecule has 0 fully saturated rings. The molecule has 0 spiro atoms. The molecule has 0 bridgehead atoms. The van der Waals surface area contributed by atoms with Gasteiger partial charge in [-0.3, -0.25) is 0 Å². The molecule has 1 unspecified atom stereocenters. The summed E-state index contributed by atoms with van der Waals surface area (Å²) < 4.78 is 1.63. The van der Waals surface area contributed by atoms with Gasteiger partial charge < -0.3 is 5.32 Å². The zero-order valence-corrected chi connectivity index (χ0v) is 9.75. The number of hydrogen-bond acceptors (Lipinski definition) is 4. The van der Waals surface area contributed by atoms with Gasteiger partial charge in [-0.25, -0.2) is 9.67 Å². The first-order chi connectivity index (χ1) is 8.26. The Kier molecular flexibility index (Phi) is 3.17. The lowest BCUT2D eigenvalue weighted by Crippen LogP contribution is -2.15. The maximum Gasteiger partial charge on any atom is 0.252 e. The van der Waals surface area contributed by atoms with Gasteiger partial charge in [-0.05, 0) is 25.6 Å². The van der Waals surface area contributed by atoms with Gasteiger partial charge in [0, 0.05) is 6.04 Å². The van der Waals surface area contributed by atoms with E-state index in [9.17, 15) is 0 Å². The Labute approximate surface area is 99.7 Å². The predicted molar refractivity (Wildman–Crippen MR) is 63.5 cm³/mol. The topological polar surface area (TPSA) is 66.5 Å². The lowest BCUT2D eigenvalue weighted by Gasteiger charge is -2.14. The van der Waals surface area contributed by atoms with Gasteiger partial charge in [-0.1, -0.05) is 18.2 Å². The van der Waals surface area contributed by atoms with Gasteiger partial charge >= 0.3 is 0 Å². The zero-order valence-electron chi connectivity index (χ0n) is 9.75. The van der Waals surface area contributed by atoms with Crippen LogP contribution in [0.4, 0.5) is 0 Å². The van der Waals surface area contributed by atoms with E-state index in [1.807, 2.05) is 37.4 Å². The van der Waals surface area contributed by atoms with Crippen molar-refractivity contribution in [2.45, 2.75) is 13.0 Å². The molecule has 0 aliphatic carbocycles. The molecule has 1 atom stereocenters. The average Bonchev–Trinajstić information content (AvgIpc) is 2.86. The third-order valence-corrected chi connectivity index (χ3v) is 2.67. The fourth-order valence-corrected chi connectivity index (χ4v) is 1.65. The quantitative estimate of drug-likeness (QED) is 0.861. The molecule has 0 saturated heterocycles. The van der Waals surface area contributed by atoms with Crippen molar-refractivity contribution in [3.05, 3.63) is 42.0 Å². The number of rotatable bonds is 3. The van der Waals surface area contributed by atoms with Crippen molar-refractivity contribution >= 4 is 0 Å². The van der Waals surface area contributed by atoms with Gasteiger partial charge in [0.2, 0.25) is 0 Å². The second kappa shape index (κ2) is 4.76. The Morgan fingerprint density at radius 1 is 1.41 bits per heavy atom. The average molecular weight is 227 g/mol. The molecule has 5 heteroatoms. The lowest BCUT2D eigenvalue weighted by molar-refractivity contribution is 0.644. The Morgan fingerprint density at radius 3 is 2.82 bits per heavy atom. The highest BCUT2D eigenvalue weighted by molar-refractivity contribution is 5.42. The summed E-state index contributed by atoms with van der Waals surface area (Å²) in [5, 5.41) is 16.0. The van der Waals surface area contributed by atoms with Crippen LogP contribution >= 0.6 is 0 Å². The lowest BCUT2D eigenvalue weighted by atomic mass is 10.1. The van der Waals surface area contributed by atoms with Gasteiger partial charge in [0.25, 0.3) is 5.82 Å². The monoisotopic (exact) mass is 227 g/mol. The van der Waals surface area contributed by atoms with Crippen LogP contribution in [0.1, 0.15) is 24.4 Å². The molecule has 2 aromatic rings. The molecule has 17 heavy (non-hydrogen) atoms. The number of nitrogens with one attached hydrogen (secondary N) is 1. The number of aromatic nitrogens is 3. The van der Waals surface area contributed by atoms with Gasteiger partial charge in [-0.15, -0.1) is 5.10 Å². The highest BCUT2D eigenvalue weighted by Gasteiger charge is 2.11. The van der Waals surface area contributed by atoms with Crippen LogP contribution in [-0.2, 0) is 0 Å². The van der Waals surface area contributed by atoms with E-state index in [-0.39, 0.29) is 11.9 Å². The normalized spacial score (nSPS) is 12.1. The molecule has 0 aliphatic rings. The summed E-state index contributed by atoms with van der Waals surface area (Å²) in [4.78, 5) is 3.91. The zero-order chi connectivity index (χ0) is 12.3. The van der Waals surface area contributed by atoms with Crippen LogP contribution in [0.25, 0.3) is 5.69 Å². The van der Waals surface area contributed by atoms with Crippen molar-refractivity contribution in [1.29, 1.82) is 5.26 Å². The number of benzene rings is 1. The first-order valence-corrected chi connectivity index (χ1v) is 5.34. The van der Waals surface area contributed by atoms with Crippen LogP contribution in [0.5, 0.6) is 0 Å². The summed E-state index contributed by atoms with van der Waals surface area (Å²) in [6.07, 6.45) is 1.56. The number of nitrogens with zero attached hydrogens (tertiary/aromatic N) is 4. The van der Waals surface area contributed by atoms with Crippen molar-refractivity contribution in [2.75, 3.05) is 7.05 Å². The molecule has 0 aliphatic heterocycles. The summed E-state index contributed by atoms with van der Waals surface area (Å²) in [7, 11) is 1.91. The molecular weight excluding hydrogens is 214 g/mol. The summed E-state index contributed by atoms with van der Waals surface area (Å²) in [5.41, 5.74) is 2.05. The first kappa shape index (κ1) is 11.3. The molecule has 1 heterocycles. The Balaban J connectivity index is 2.48. The molecule has 5 nitrogen and oxygen atoms in total. The van der Waals surface area contributed by atoms with E-state index in [1.54, 1.807) is 11.0 Å². The molecule has 1 aromatic heterocycles. The second-order valence-electron chi connectivity index (χ2n) is 3.69. The minimum absolute atomic E-state index is 0.178. The Morgan fingerprint density at radius 2 is 2.18 bits per heavy atom. The van der Waals surface area contributed by atoms with Crippen LogP contribution in [0.2, 0.25) is 0 Å². The van der Waals surface area contributed by atoms with Crippen molar-refractivity contribution in [3.8, 4) is 11.8 Å². The van der Waals surface area contributed by atoms with Gasteiger partial charge in [0.1, 0.15) is 12.4 Å². The fraction of sp³-hybridized carbons (Fsp3) is 0.250. The van der Waals surface area contributed by atoms with Crippen LogP contribution in [-0.4, -0.2) is 21.8 Å². The summed E-state index contributed by atoms with van der Waals surface area (Å²) >= 11 is 0. The molecular formula is C12H13N5. The van der Waals surface area contributed by atoms with Crippen LogP contribution in [0.3, 0.4) is 0 Å². The van der Waals surface area contributed by atoms with E-state index in [1.165, 1.54) is 0 Å². The minimum atomic E-state index is 0.178. The van der Waals surface area contributed by atoms with Crippen molar-refractivity contribution < 1.29 is 0 Å². The largest absolute Gasteiger partial charge is 0.313 e. The number of para-hydroxylation sites is 1. The fourth-order valence-electron chi connectivity index (χ4n) is 1.65. The molecule has 86 valence electrons. The Hall–Kier alpha value is -2.19. The number of nitriles is 1. The van der Waals surface area contributed by atoms with Crippen LogP contribution in [0, 0.1) is 11.3 Å². The molecule has 1 N–H and O–H groups in total. The highest BCUT2D eigenvalue weighted by atomic mass is 15.3. The van der Waals surface area contributed by atoms with E-state index in [0.29, 0.717) is 0 Å². The minimum Gasteiger partial charge on any atom is -0.313 e. The SMILES string of the molecule is CNC(C)c1ccccc1-n1cnc(C#N)n1. The summed E-state index contributed by atoms with van der Waals surface area (Å²) in [6.45, 7) is 2.07. The van der Waals surface area contributed by atoms with E-state index < -0.39 is 0 Å². The van der Waals surface area contributed by atoms with E-state index in [2.05, 4.69) is 22.3 Å². The first-order valence-electron chi connectivity index (χ1n) is 5.34. The number of hydrogen-bond donors (Lipinski definition) is 1. The standard InChI is InChI=1S/C12H13N5/c1-9(14-2)10-5-3-4-6-11(10)17-8-15-12(7-13)16-17/h3-6,8-9,14H,1-2H3. The van der Waals surface area contributed by atoms with Crippen LogP contribution in [0.15, 0.2) is 30.6 Å². The summed E-state index contributed by atoms with van der Waals surface area (Å²) in [5.74, 6) is 0.178. The van der Waals surface area contributed by atoms with Gasteiger partial charge in [-0.2, -0.15) is 5.26 Å². The van der Waals surface area contributed by atoms with Crippen molar-refractivity contribution in [1.82, 2.24) is 20.1 Å². The van der Waals surface area contributed by atoms with Gasteiger partial charge in [0.15, 0.2) is 0 Å². The third-order valence-electron chi connectivity index (χ3n) is 2.67. The second-order valence-corrected chi connectivity index (χ2v) is 3.69. The molecule has 0 amide bonds. The van der Waals surface area contributed by atoms with E-state index in [4.69, 9.17) is 5.26 Å². The molecule has 1 aromatic carbocycles. The van der Waals surface area contributed by atoms with E-state index >= 15 is 0 Å².